The van der Waals surface area contributed by atoms with E-state index in [4.69, 9.17) is 10.5 Å². The molecule has 0 spiro atoms. The molecule has 7 heteroatoms. The quantitative estimate of drug-likeness (QED) is 0.941. The SMILES string of the molecule is NC(=O)c1ncc(Br)cc1Oc1ccc(F)c(F)c1. The summed E-state index contributed by atoms with van der Waals surface area (Å²) in [5.41, 5.74) is 5.04. The first-order valence-electron chi connectivity index (χ1n) is 5.05. The second-order valence-corrected chi connectivity index (χ2v) is 4.46. The Labute approximate surface area is 115 Å². The minimum absolute atomic E-state index is 0.0290. The van der Waals surface area contributed by atoms with Crippen LogP contribution in [0, 0.1) is 11.6 Å². The van der Waals surface area contributed by atoms with Crippen molar-refractivity contribution < 1.29 is 18.3 Å². The summed E-state index contributed by atoms with van der Waals surface area (Å²) in [6, 6.07) is 4.46. The second kappa shape index (κ2) is 5.31. The van der Waals surface area contributed by atoms with Crippen molar-refractivity contribution >= 4 is 21.8 Å². The fourth-order valence-corrected chi connectivity index (χ4v) is 1.66. The largest absolute Gasteiger partial charge is 0.455 e. The lowest BCUT2D eigenvalue weighted by molar-refractivity contribution is 0.0993. The highest BCUT2D eigenvalue weighted by Crippen LogP contribution is 2.27. The molecule has 0 saturated heterocycles. The van der Waals surface area contributed by atoms with Crippen LogP contribution in [-0.2, 0) is 0 Å². The molecule has 19 heavy (non-hydrogen) atoms. The maximum Gasteiger partial charge on any atom is 0.271 e. The minimum Gasteiger partial charge on any atom is -0.455 e. The van der Waals surface area contributed by atoms with E-state index in [1.807, 2.05) is 0 Å². The van der Waals surface area contributed by atoms with Gasteiger partial charge in [0.1, 0.15) is 5.75 Å². The van der Waals surface area contributed by atoms with Gasteiger partial charge in [-0.15, -0.1) is 0 Å². The molecule has 0 saturated carbocycles. The van der Waals surface area contributed by atoms with E-state index in [9.17, 15) is 13.6 Å². The van der Waals surface area contributed by atoms with Gasteiger partial charge in [0, 0.05) is 16.7 Å². The van der Waals surface area contributed by atoms with Crippen LogP contribution in [0.25, 0.3) is 0 Å². The van der Waals surface area contributed by atoms with Gasteiger partial charge < -0.3 is 10.5 Å². The molecule has 1 aromatic heterocycles. The number of carbonyl (C=O) groups excluding carboxylic acids is 1. The van der Waals surface area contributed by atoms with Crippen LogP contribution in [-0.4, -0.2) is 10.9 Å². The zero-order chi connectivity index (χ0) is 14.0. The van der Waals surface area contributed by atoms with Gasteiger partial charge in [-0.2, -0.15) is 0 Å². The minimum atomic E-state index is -1.05. The van der Waals surface area contributed by atoms with Gasteiger partial charge in [-0.25, -0.2) is 13.8 Å². The Kier molecular flexibility index (Phi) is 3.75. The van der Waals surface area contributed by atoms with Crippen molar-refractivity contribution in [2.75, 3.05) is 0 Å². The fraction of sp³-hybridized carbons (Fsp3) is 0. The number of aromatic nitrogens is 1. The number of ether oxygens (including phenoxy) is 1. The van der Waals surface area contributed by atoms with Crippen LogP contribution >= 0.6 is 15.9 Å². The Bertz CT molecular complexity index is 650. The molecule has 4 nitrogen and oxygen atoms in total. The molecule has 0 radical (unpaired) electrons. The highest BCUT2D eigenvalue weighted by atomic mass is 79.9. The average Bonchev–Trinajstić information content (AvgIpc) is 2.33. The standard InChI is InChI=1S/C12H7BrF2N2O2/c13-6-3-10(11(12(16)18)17-5-6)19-7-1-2-8(14)9(15)4-7/h1-5H,(H2,16,18). The summed E-state index contributed by atoms with van der Waals surface area (Å²) < 4.78 is 31.7. The predicted octanol–water partition coefficient (Wildman–Crippen LogP) is 3.01. The van der Waals surface area contributed by atoms with E-state index in [2.05, 4.69) is 20.9 Å². The predicted molar refractivity (Wildman–Crippen MR) is 66.9 cm³/mol. The van der Waals surface area contributed by atoms with Crippen molar-refractivity contribution in [2.24, 2.45) is 5.73 Å². The van der Waals surface area contributed by atoms with E-state index in [1.165, 1.54) is 18.3 Å². The van der Waals surface area contributed by atoms with E-state index < -0.39 is 17.5 Å². The highest BCUT2D eigenvalue weighted by molar-refractivity contribution is 9.10. The molecule has 0 aliphatic heterocycles. The Hall–Kier alpha value is -2.02. The van der Waals surface area contributed by atoms with Crippen LogP contribution in [0.15, 0.2) is 34.9 Å². The van der Waals surface area contributed by atoms with Crippen molar-refractivity contribution in [1.29, 1.82) is 0 Å². The first-order chi connectivity index (χ1) is 8.97. The van der Waals surface area contributed by atoms with Gasteiger partial charge in [-0.05, 0) is 34.1 Å². The maximum absolute atomic E-state index is 13.0. The Morgan fingerprint density at radius 1 is 1.26 bits per heavy atom. The van der Waals surface area contributed by atoms with Crippen molar-refractivity contribution in [3.8, 4) is 11.5 Å². The van der Waals surface area contributed by atoms with Crippen molar-refractivity contribution in [3.05, 3.63) is 52.3 Å². The van der Waals surface area contributed by atoms with Crippen molar-refractivity contribution in [2.45, 2.75) is 0 Å². The summed E-state index contributed by atoms with van der Waals surface area (Å²) in [7, 11) is 0. The van der Waals surface area contributed by atoms with Gasteiger partial charge in [0.15, 0.2) is 23.1 Å². The first-order valence-corrected chi connectivity index (χ1v) is 5.85. The van der Waals surface area contributed by atoms with E-state index in [1.54, 1.807) is 0 Å². The lowest BCUT2D eigenvalue weighted by Crippen LogP contribution is -2.14. The summed E-state index contributed by atoms with van der Waals surface area (Å²) in [5, 5.41) is 0. The lowest BCUT2D eigenvalue weighted by atomic mass is 10.3. The third-order valence-corrected chi connectivity index (χ3v) is 2.61. The molecule has 2 aromatic rings. The van der Waals surface area contributed by atoms with Crippen molar-refractivity contribution in [3.63, 3.8) is 0 Å². The number of primary amides is 1. The van der Waals surface area contributed by atoms with Crippen LogP contribution < -0.4 is 10.5 Å². The van der Waals surface area contributed by atoms with E-state index in [0.717, 1.165) is 12.1 Å². The number of rotatable bonds is 3. The molecule has 0 aliphatic carbocycles. The smallest absolute Gasteiger partial charge is 0.271 e. The summed E-state index contributed by atoms with van der Waals surface area (Å²) >= 11 is 3.16. The third kappa shape index (κ3) is 3.05. The lowest BCUT2D eigenvalue weighted by Gasteiger charge is -2.09. The molecule has 0 fully saturated rings. The number of carbonyl (C=O) groups is 1. The van der Waals surface area contributed by atoms with E-state index in [-0.39, 0.29) is 17.2 Å². The first kappa shape index (κ1) is 13.4. The summed E-state index contributed by atoms with van der Waals surface area (Å²) in [6.07, 6.45) is 1.37. The molecule has 98 valence electrons. The normalized spacial score (nSPS) is 10.3. The number of pyridine rings is 1. The summed E-state index contributed by atoms with van der Waals surface area (Å²) in [5.74, 6) is -2.75. The van der Waals surface area contributed by atoms with Crippen molar-refractivity contribution in [1.82, 2.24) is 4.98 Å². The molecule has 1 amide bonds. The zero-order valence-electron chi connectivity index (χ0n) is 9.36. The summed E-state index contributed by atoms with van der Waals surface area (Å²) in [4.78, 5) is 15.0. The molecule has 0 atom stereocenters. The van der Waals surface area contributed by atoms with Crippen LogP contribution in [0.5, 0.6) is 11.5 Å². The number of hydrogen-bond donors (Lipinski definition) is 1. The van der Waals surface area contributed by atoms with Gasteiger partial charge in [-0.3, -0.25) is 4.79 Å². The maximum atomic E-state index is 13.0. The Balaban J connectivity index is 2.39. The molecule has 2 rings (SSSR count). The number of amides is 1. The summed E-state index contributed by atoms with van der Waals surface area (Å²) in [6.45, 7) is 0. The number of nitrogens with zero attached hydrogens (tertiary/aromatic N) is 1. The van der Waals surface area contributed by atoms with Gasteiger partial charge in [0.05, 0.1) is 0 Å². The average molecular weight is 329 g/mol. The number of halogens is 3. The monoisotopic (exact) mass is 328 g/mol. The van der Waals surface area contributed by atoms with E-state index >= 15 is 0 Å². The molecule has 0 unspecified atom stereocenters. The van der Waals surface area contributed by atoms with Crippen LogP contribution in [0.4, 0.5) is 8.78 Å². The number of benzene rings is 1. The topological polar surface area (TPSA) is 65.2 Å². The second-order valence-electron chi connectivity index (χ2n) is 3.54. The van der Waals surface area contributed by atoms with Crippen LogP contribution in [0.1, 0.15) is 10.5 Å². The molecule has 0 aliphatic rings. The molecule has 1 heterocycles. The Morgan fingerprint density at radius 3 is 2.63 bits per heavy atom. The van der Waals surface area contributed by atoms with Crippen LogP contribution in [0.3, 0.4) is 0 Å². The van der Waals surface area contributed by atoms with Gasteiger partial charge in [-0.1, -0.05) is 0 Å². The molecule has 1 aromatic carbocycles. The van der Waals surface area contributed by atoms with Gasteiger partial charge in [0.2, 0.25) is 0 Å². The van der Waals surface area contributed by atoms with Crippen LogP contribution in [0.2, 0.25) is 0 Å². The third-order valence-electron chi connectivity index (χ3n) is 2.17. The Morgan fingerprint density at radius 2 is 2.00 bits per heavy atom. The highest BCUT2D eigenvalue weighted by Gasteiger charge is 2.13. The van der Waals surface area contributed by atoms with Gasteiger partial charge >= 0.3 is 0 Å². The number of nitrogens with two attached hydrogens (primary N) is 1. The molecular formula is C12H7BrF2N2O2. The van der Waals surface area contributed by atoms with Gasteiger partial charge in [0.25, 0.3) is 5.91 Å². The zero-order valence-corrected chi connectivity index (χ0v) is 10.9. The molecular weight excluding hydrogens is 322 g/mol. The molecule has 0 bridgehead atoms. The van der Waals surface area contributed by atoms with E-state index in [0.29, 0.717) is 4.47 Å². The number of hydrogen-bond acceptors (Lipinski definition) is 3. The fourth-order valence-electron chi connectivity index (χ4n) is 1.35. The molecule has 2 N–H and O–H groups in total.